The minimum atomic E-state index is -0.574. The lowest BCUT2D eigenvalue weighted by molar-refractivity contribution is -0.144. The van der Waals surface area contributed by atoms with E-state index < -0.39 is 6.29 Å². The van der Waals surface area contributed by atoms with Gasteiger partial charge < -0.3 is 20.5 Å². The molecule has 0 aromatic rings. The van der Waals surface area contributed by atoms with Gasteiger partial charge in [-0.3, -0.25) is 0 Å². The number of nitrogens with zero attached hydrogens (tertiary/aromatic N) is 1. The van der Waals surface area contributed by atoms with E-state index in [2.05, 4.69) is 25.7 Å². The number of aliphatic hydroxyl groups is 1. The molecule has 0 aromatic heterocycles. The summed E-state index contributed by atoms with van der Waals surface area (Å²) in [5, 5.41) is 10.6. The van der Waals surface area contributed by atoms with Gasteiger partial charge in [-0.05, 0) is 71.1 Å². The maximum absolute atomic E-state index is 10.6. The summed E-state index contributed by atoms with van der Waals surface area (Å²) in [6, 6.07) is 0. The lowest BCUT2D eigenvalue weighted by Crippen LogP contribution is -2.28. The zero-order valence-electron chi connectivity index (χ0n) is 27.2. The van der Waals surface area contributed by atoms with Crippen molar-refractivity contribution in [2.45, 2.75) is 200 Å². The number of unbranched alkanes of at least 4 members (excludes halogenated alkanes) is 18. The molecule has 0 radical (unpaired) electrons. The zero-order chi connectivity index (χ0) is 28.7. The smallest absolute Gasteiger partial charge is 0.154 e. The monoisotopic (exact) mass is 555 g/mol. The van der Waals surface area contributed by atoms with Gasteiger partial charge >= 0.3 is 0 Å². The van der Waals surface area contributed by atoms with E-state index in [-0.39, 0.29) is 6.10 Å². The van der Waals surface area contributed by atoms with Crippen molar-refractivity contribution in [1.29, 1.82) is 0 Å². The Balaban J connectivity index is 4.09. The van der Waals surface area contributed by atoms with E-state index in [1.807, 2.05) is 0 Å². The maximum atomic E-state index is 10.6. The second-order valence-electron chi connectivity index (χ2n) is 12.3. The third kappa shape index (κ3) is 29.1. The molecule has 0 aliphatic heterocycles. The summed E-state index contributed by atoms with van der Waals surface area (Å²) >= 11 is 0. The average Bonchev–Trinajstić information content (AvgIpc) is 2.94. The molecule has 4 heteroatoms. The van der Waals surface area contributed by atoms with Gasteiger partial charge in [-0.25, -0.2) is 0 Å². The molecule has 0 fully saturated rings. The summed E-state index contributed by atoms with van der Waals surface area (Å²) in [5.74, 6) is 0. The van der Waals surface area contributed by atoms with Crippen molar-refractivity contribution in [2.75, 3.05) is 26.2 Å². The lowest BCUT2D eigenvalue weighted by atomic mass is 10.0. The first-order valence-electron chi connectivity index (χ1n) is 17.9. The molecule has 0 spiro atoms. The summed E-state index contributed by atoms with van der Waals surface area (Å²) in [4.78, 5) is 2.64. The Morgan fingerprint density at radius 2 is 0.846 bits per heavy atom. The first kappa shape index (κ1) is 38.8. The molecule has 0 aliphatic carbocycles. The Hall–Kier alpha value is -0.160. The highest BCUT2D eigenvalue weighted by Crippen LogP contribution is 2.19. The van der Waals surface area contributed by atoms with Crippen LogP contribution in [0.3, 0.4) is 0 Å². The predicted molar refractivity (Wildman–Crippen MR) is 173 cm³/mol. The first-order valence-corrected chi connectivity index (χ1v) is 17.9. The fourth-order valence-corrected chi connectivity index (χ4v) is 5.65. The van der Waals surface area contributed by atoms with Gasteiger partial charge in [-0.2, -0.15) is 0 Å². The van der Waals surface area contributed by atoms with Crippen LogP contribution in [-0.2, 0) is 4.74 Å². The molecule has 0 amide bonds. The highest BCUT2D eigenvalue weighted by Gasteiger charge is 2.14. The van der Waals surface area contributed by atoms with Crippen LogP contribution in [0, 0.1) is 0 Å². The van der Waals surface area contributed by atoms with Crippen LogP contribution in [0.25, 0.3) is 0 Å². The van der Waals surface area contributed by atoms with Crippen LogP contribution in [0.5, 0.6) is 0 Å². The minimum absolute atomic E-state index is 0.249. The summed E-state index contributed by atoms with van der Waals surface area (Å²) in [6.07, 6.45) is 32.7. The molecular weight excluding hydrogens is 480 g/mol. The van der Waals surface area contributed by atoms with E-state index in [0.29, 0.717) is 0 Å². The van der Waals surface area contributed by atoms with E-state index in [9.17, 15) is 5.11 Å². The van der Waals surface area contributed by atoms with Crippen molar-refractivity contribution in [3.63, 3.8) is 0 Å². The molecule has 0 saturated carbocycles. The molecule has 39 heavy (non-hydrogen) atoms. The standard InChI is InChI=1S/C35H74N2O2/c1-4-7-10-13-16-21-27-34(28-22-17-14-11-8-5-2)39-35(38)29-23-18-15-20-25-32-37(33-26-30-36)31-24-19-12-9-6-3/h34-35,38H,4-33,36H2,1-3H3. The molecule has 0 saturated heterocycles. The molecule has 0 rings (SSSR count). The Morgan fingerprint density at radius 3 is 1.28 bits per heavy atom. The second kappa shape index (κ2) is 32.4. The Labute approximate surface area is 246 Å². The molecule has 0 heterocycles. The van der Waals surface area contributed by atoms with Crippen molar-refractivity contribution in [1.82, 2.24) is 4.90 Å². The van der Waals surface area contributed by atoms with Gasteiger partial charge in [0.2, 0.25) is 0 Å². The Kier molecular flexibility index (Phi) is 32.2. The molecule has 0 aliphatic rings. The summed E-state index contributed by atoms with van der Waals surface area (Å²) < 4.78 is 6.20. The van der Waals surface area contributed by atoms with Crippen molar-refractivity contribution < 1.29 is 9.84 Å². The van der Waals surface area contributed by atoms with Crippen LogP contribution >= 0.6 is 0 Å². The molecule has 0 aromatic carbocycles. The summed E-state index contributed by atoms with van der Waals surface area (Å²) in [6.45, 7) is 11.3. The van der Waals surface area contributed by atoms with E-state index in [0.717, 1.165) is 45.2 Å². The maximum Gasteiger partial charge on any atom is 0.154 e. The van der Waals surface area contributed by atoms with Crippen LogP contribution in [0.2, 0.25) is 0 Å². The largest absolute Gasteiger partial charge is 0.368 e. The third-order valence-corrected chi connectivity index (χ3v) is 8.29. The normalized spacial score (nSPS) is 12.7. The molecule has 1 unspecified atom stereocenters. The van der Waals surface area contributed by atoms with Gasteiger partial charge in [0.15, 0.2) is 6.29 Å². The average molecular weight is 555 g/mol. The van der Waals surface area contributed by atoms with E-state index in [1.165, 1.54) is 148 Å². The van der Waals surface area contributed by atoms with Gasteiger partial charge in [0, 0.05) is 0 Å². The molecular formula is C35H74N2O2. The Bertz CT molecular complexity index is 432. The van der Waals surface area contributed by atoms with Crippen molar-refractivity contribution >= 4 is 0 Å². The molecule has 0 bridgehead atoms. The summed E-state index contributed by atoms with van der Waals surface area (Å²) in [7, 11) is 0. The SMILES string of the molecule is CCCCCCCCC(CCCCCCCC)OC(O)CCCCCCCN(CCCN)CCCCCCC. The topological polar surface area (TPSA) is 58.7 Å². The number of hydrogen-bond acceptors (Lipinski definition) is 4. The van der Waals surface area contributed by atoms with Crippen LogP contribution in [0.4, 0.5) is 0 Å². The molecule has 3 N–H and O–H groups in total. The van der Waals surface area contributed by atoms with Gasteiger partial charge in [0.05, 0.1) is 6.10 Å². The zero-order valence-corrected chi connectivity index (χ0v) is 27.2. The third-order valence-electron chi connectivity index (χ3n) is 8.29. The highest BCUT2D eigenvalue weighted by molar-refractivity contribution is 4.63. The number of nitrogens with two attached hydrogens (primary N) is 1. The van der Waals surface area contributed by atoms with Crippen LogP contribution in [-0.4, -0.2) is 48.6 Å². The molecule has 4 nitrogen and oxygen atoms in total. The second-order valence-corrected chi connectivity index (χ2v) is 12.3. The highest BCUT2D eigenvalue weighted by atomic mass is 16.6. The first-order chi connectivity index (χ1) is 19.2. The summed E-state index contributed by atoms with van der Waals surface area (Å²) in [5.41, 5.74) is 5.77. The fraction of sp³-hybridized carbons (Fsp3) is 1.00. The Morgan fingerprint density at radius 1 is 0.487 bits per heavy atom. The number of hydrogen-bond donors (Lipinski definition) is 2. The lowest BCUT2D eigenvalue weighted by Gasteiger charge is -2.22. The van der Waals surface area contributed by atoms with E-state index in [4.69, 9.17) is 10.5 Å². The van der Waals surface area contributed by atoms with Crippen molar-refractivity contribution in [3.8, 4) is 0 Å². The van der Waals surface area contributed by atoms with Crippen molar-refractivity contribution in [2.24, 2.45) is 5.73 Å². The van der Waals surface area contributed by atoms with Gasteiger partial charge in [-0.15, -0.1) is 0 Å². The van der Waals surface area contributed by atoms with Crippen LogP contribution < -0.4 is 5.73 Å². The van der Waals surface area contributed by atoms with Crippen LogP contribution in [0.15, 0.2) is 0 Å². The fourth-order valence-electron chi connectivity index (χ4n) is 5.65. The number of aliphatic hydroxyl groups excluding tert-OH is 1. The molecule has 236 valence electrons. The van der Waals surface area contributed by atoms with Gasteiger partial charge in [0.25, 0.3) is 0 Å². The van der Waals surface area contributed by atoms with Crippen LogP contribution in [0.1, 0.15) is 188 Å². The number of ether oxygens (including phenoxy) is 1. The van der Waals surface area contributed by atoms with Gasteiger partial charge in [0.1, 0.15) is 0 Å². The minimum Gasteiger partial charge on any atom is -0.368 e. The van der Waals surface area contributed by atoms with E-state index >= 15 is 0 Å². The number of rotatable bonds is 33. The predicted octanol–water partition coefficient (Wildman–Crippen LogP) is 10.2. The van der Waals surface area contributed by atoms with Crippen molar-refractivity contribution in [3.05, 3.63) is 0 Å². The molecule has 1 atom stereocenters. The van der Waals surface area contributed by atoms with Gasteiger partial charge in [-0.1, -0.05) is 143 Å². The van der Waals surface area contributed by atoms with E-state index in [1.54, 1.807) is 0 Å². The quantitative estimate of drug-likeness (QED) is 0.0626.